The van der Waals surface area contributed by atoms with Gasteiger partial charge in [-0.05, 0) is 38.7 Å². The third-order valence-electron chi connectivity index (χ3n) is 3.21. The number of hydrogen-bond acceptors (Lipinski definition) is 2. The maximum Gasteiger partial charge on any atom is 0.220 e. The van der Waals surface area contributed by atoms with Crippen molar-refractivity contribution in [2.45, 2.75) is 52.0 Å². The molecule has 1 atom stereocenters. The predicted molar refractivity (Wildman–Crippen MR) is 87.4 cm³/mol. The summed E-state index contributed by atoms with van der Waals surface area (Å²) in [5.74, 6) is 0.354. The molecule has 20 heavy (non-hydrogen) atoms. The minimum Gasteiger partial charge on any atom is -0.354 e. The van der Waals surface area contributed by atoms with Crippen LogP contribution in [0.15, 0.2) is 24.3 Å². The Morgan fingerprint density at radius 3 is 2.30 bits per heavy atom. The van der Waals surface area contributed by atoms with E-state index in [0.717, 1.165) is 6.42 Å². The molecule has 0 aliphatic rings. The zero-order chi connectivity index (χ0) is 14.5. The average molecular weight is 299 g/mol. The molecule has 1 unspecified atom stereocenters. The van der Waals surface area contributed by atoms with Crippen molar-refractivity contribution in [3.05, 3.63) is 35.4 Å². The first-order valence-electron chi connectivity index (χ1n) is 6.94. The number of aryl methyl sites for hydroxylation is 1. The van der Waals surface area contributed by atoms with E-state index in [-0.39, 0.29) is 29.8 Å². The highest BCUT2D eigenvalue weighted by atomic mass is 35.5. The summed E-state index contributed by atoms with van der Waals surface area (Å²) in [6.07, 6.45) is 1.48. The lowest BCUT2D eigenvalue weighted by Gasteiger charge is -2.20. The highest BCUT2D eigenvalue weighted by Gasteiger charge is 2.16. The smallest absolute Gasteiger partial charge is 0.220 e. The molecule has 0 saturated carbocycles. The lowest BCUT2D eigenvalue weighted by Crippen LogP contribution is -2.45. The van der Waals surface area contributed by atoms with Crippen molar-refractivity contribution >= 4 is 18.3 Å². The van der Waals surface area contributed by atoms with Gasteiger partial charge in [-0.15, -0.1) is 12.4 Å². The van der Waals surface area contributed by atoms with E-state index in [2.05, 4.69) is 43.4 Å². The maximum atomic E-state index is 11.9. The first kappa shape index (κ1) is 18.9. The molecule has 1 rings (SSSR count). The van der Waals surface area contributed by atoms with Crippen LogP contribution in [0.3, 0.4) is 0 Å². The molecule has 0 saturated heterocycles. The Bertz CT molecular complexity index is 409. The second kappa shape index (κ2) is 8.28. The van der Waals surface area contributed by atoms with Gasteiger partial charge in [-0.2, -0.15) is 0 Å². The highest BCUT2D eigenvalue weighted by Crippen LogP contribution is 2.23. The van der Waals surface area contributed by atoms with Crippen LogP contribution in [0.5, 0.6) is 0 Å². The van der Waals surface area contributed by atoms with Gasteiger partial charge < -0.3 is 11.1 Å². The Labute approximate surface area is 128 Å². The minimum atomic E-state index is -0.360. The van der Waals surface area contributed by atoms with Crippen molar-refractivity contribution < 1.29 is 4.79 Å². The molecule has 1 aromatic carbocycles. The fourth-order valence-corrected chi connectivity index (χ4v) is 1.96. The molecule has 0 bridgehead atoms. The molecular formula is C16H27ClN2O. The molecule has 1 aromatic rings. The molecule has 0 aromatic heterocycles. The summed E-state index contributed by atoms with van der Waals surface area (Å²) in [7, 11) is 0. The van der Waals surface area contributed by atoms with Gasteiger partial charge in [0.1, 0.15) is 0 Å². The van der Waals surface area contributed by atoms with E-state index >= 15 is 0 Å². The topological polar surface area (TPSA) is 55.1 Å². The SMILES string of the molecule is CCC(CC(=O)NCC(C)(C)N)c1ccc(C)cc1.Cl. The van der Waals surface area contributed by atoms with Crippen LogP contribution in [-0.4, -0.2) is 18.0 Å². The lowest BCUT2D eigenvalue weighted by molar-refractivity contribution is -0.121. The van der Waals surface area contributed by atoms with Gasteiger partial charge in [-0.3, -0.25) is 4.79 Å². The van der Waals surface area contributed by atoms with Crippen molar-refractivity contribution in [2.24, 2.45) is 5.73 Å². The number of amides is 1. The molecule has 3 nitrogen and oxygen atoms in total. The second-order valence-corrected chi connectivity index (χ2v) is 5.99. The number of rotatable bonds is 6. The summed E-state index contributed by atoms with van der Waals surface area (Å²) < 4.78 is 0. The molecule has 0 aliphatic carbocycles. The first-order valence-corrected chi connectivity index (χ1v) is 6.94. The molecule has 0 aliphatic heterocycles. The van der Waals surface area contributed by atoms with Crippen molar-refractivity contribution in [2.75, 3.05) is 6.54 Å². The Balaban J connectivity index is 0.00000361. The van der Waals surface area contributed by atoms with Gasteiger partial charge in [-0.25, -0.2) is 0 Å². The number of benzene rings is 1. The van der Waals surface area contributed by atoms with Gasteiger partial charge in [0.15, 0.2) is 0 Å². The Morgan fingerprint density at radius 2 is 1.85 bits per heavy atom. The Hall–Kier alpha value is -1.06. The quantitative estimate of drug-likeness (QED) is 0.847. The fourth-order valence-electron chi connectivity index (χ4n) is 1.96. The molecule has 4 heteroatoms. The third kappa shape index (κ3) is 6.92. The zero-order valence-corrected chi connectivity index (χ0v) is 13.7. The number of nitrogens with two attached hydrogens (primary N) is 1. The van der Waals surface area contributed by atoms with Crippen LogP contribution in [0, 0.1) is 6.92 Å². The van der Waals surface area contributed by atoms with E-state index in [1.165, 1.54) is 11.1 Å². The van der Waals surface area contributed by atoms with Gasteiger partial charge in [0.05, 0.1) is 0 Å². The Kier molecular flexibility index (Phi) is 7.84. The monoisotopic (exact) mass is 298 g/mol. The van der Waals surface area contributed by atoms with Gasteiger partial charge in [-0.1, -0.05) is 36.8 Å². The molecule has 1 amide bonds. The van der Waals surface area contributed by atoms with E-state index < -0.39 is 0 Å². The van der Waals surface area contributed by atoms with E-state index in [0.29, 0.717) is 13.0 Å². The van der Waals surface area contributed by atoms with Crippen molar-refractivity contribution in [1.29, 1.82) is 0 Å². The summed E-state index contributed by atoms with van der Waals surface area (Å²) in [6.45, 7) is 8.51. The van der Waals surface area contributed by atoms with Crippen LogP contribution in [0.25, 0.3) is 0 Å². The fraction of sp³-hybridized carbons (Fsp3) is 0.562. The largest absolute Gasteiger partial charge is 0.354 e. The van der Waals surface area contributed by atoms with Crippen LogP contribution in [0.2, 0.25) is 0 Å². The molecule has 0 spiro atoms. The number of hydrogen-bond donors (Lipinski definition) is 2. The molecule has 0 heterocycles. The molecule has 0 radical (unpaired) electrons. The standard InChI is InChI=1S/C16H26N2O.ClH/c1-5-13(14-8-6-12(2)7-9-14)10-15(19)18-11-16(3,4)17;/h6-9,13H,5,10-11,17H2,1-4H3,(H,18,19);1H. The van der Waals surface area contributed by atoms with E-state index in [1.807, 2.05) is 13.8 Å². The number of carbonyl (C=O) groups is 1. The second-order valence-electron chi connectivity index (χ2n) is 5.99. The molecule has 3 N–H and O–H groups in total. The van der Waals surface area contributed by atoms with Crippen LogP contribution < -0.4 is 11.1 Å². The predicted octanol–water partition coefficient (Wildman–Crippen LogP) is 3.15. The third-order valence-corrected chi connectivity index (χ3v) is 3.21. The van der Waals surface area contributed by atoms with Crippen LogP contribution in [0.4, 0.5) is 0 Å². The van der Waals surface area contributed by atoms with Crippen molar-refractivity contribution in [3.63, 3.8) is 0 Å². The number of carbonyl (C=O) groups excluding carboxylic acids is 1. The lowest BCUT2D eigenvalue weighted by atomic mass is 9.92. The van der Waals surface area contributed by atoms with Crippen LogP contribution in [-0.2, 0) is 4.79 Å². The normalized spacial score (nSPS) is 12.4. The first-order chi connectivity index (χ1) is 8.81. The zero-order valence-electron chi connectivity index (χ0n) is 12.9. The van der Waals surface area contributed by atoms with Gasteiger partial charge >= 0.3 is 0 Å². The van der Waals surface area contributed by atoms with Gasteiger partial charge in [0.2, 0.25) is 5.91 Å². The minimum absolute atomic E-state index is 0. The van der Waals surface area contributed by atoms with E-state index in [4.69, 9.17) is 5.73 Å². The van der Waals surface area contributed by atoms with Crippen molar-refractivity contribution in [3.8, 4) is 0 Å². The summed E-state index contributed by atoms with van der Waals surface area (Å²) in [5.41, 5.74) is 7.98. The summed E-state index contributed by atoms with van der Waals surface area (Å²) in [4.78, 5) is 11.9. The van der Waals surface area contributed by atoms with Crippen molar-refractivity contribution in [1.82, 2.24) is 5.32 Å². The van der Waals surface area contributed by atoms with E-state index in [9.17, 15) is 4.79 Å². The highest BCUT2D eigenvalue weighted by molar-refractivity contribution is 5.85. The maximum absolute atomic E-state index is 11.9. The summed E-state index contributed by atoms with van der Waals surface area (Å²) >= 11 is 0. The molecule has 114 valence electrons. The average Bonchev–Trinajstić information content (AvgIpc) is 2.34. The van der Waals surface area contributed by atoms with Gasteiger partial charge in [0, 0.05) is 18.5 Å². The van der Waals surface area contributed by atoms with Gasteiger partial charge in [0.25, 0.3) is 0 Å². The Morgan fingerprint density at radius 1 is 1.30 bits per heavy atom. The van der Waals surface area contributed by atoms with Crippen LogP contribution in [0.1, 0.15) is 50.7 Å². The number of halogens is 1. The number of nitrogens with one attached hydrogen (secondary N) is 1. The molecule has 0 fully saturated rings. The van der Waals surface area contributed by atoms with Crippen LogP contribution >= 0.6 is 12.4 Å². The summed E-state index contributed by atoms with van der Waals surface area (Å²) in [6, 6.07) is 8.42. The summed E-state index contributed by atoms with van der Waals surface area (Å²) in [5, 5.41) is 2.90. The molecular weight excluding hydrogens is 272 g/mol. The van der Waals surface area contributed by atoms with E-state index in [1.54, 1.807) is 0 Å².